The van der Waals surface area contributed by atoms with Crippen LogP contribution >= 0.6 is 11.8 Å². The summed E-state index contributed by atoms with van der Waals surface area (Å²) in [5.41, 5.74) is 0. The second-order valence-corrected chi connectivity index (χ2v) is 3.63. The molecule has 2 heterocycles. The Morgan fingerprint density at radius 2 is 2.45 bits per heavy atom. The first-order valence-electron chi connectivity index (χ1n) is 3.33. The molecule has 1 aromatic heterocycles. The summed E-state index contributed by atoms with van der Waals surface area (Å²) in [4.78, 5) is 0. The topological polar surface area (TPSA) is 52.8 Å². The van der Waals surface area contributed by atoms with Crippen LogP contribution in [0.15, 0.2) is 5.16 Å². The Morgan fingerprint density at radius 1 is 1.64 bits per heavy atom. The number of rotatable bonds is 2. The molecule has 1 aliphatic rings. The monoisotopic (exact) mass is 172 g/mol. The van der Waals surface area contributed by atoms with E-state index < -0.39 is 0 Å². The standard InChI is InChI=1S/C5H8N4OS/c1-9-5(6-7-8-9)11-4-2-10-3-4/h4H,2-3H2,1H3. The summed E-state index contributed by atoms with van der Waals surface area (Å²) >= 11 is 1.67. The Balaban J connectivity index is 1.99. The van der Waals surface area contributed by atoms with Crippen molar-refractivity contribution in [2.75, 3.05) is 13.2 Å². The van der Waals surface area contributed by atoms with Gasteiger partial charge in [0.15, 0.2) is 0 Å². The Hall–Kier alpha value is -0.620. The maximum Gasteiger partial charge on any atom is 0.209 e. The van der Waals surface area contributed by atoms with Crippen LogP contribution < -0.4 is 0 Å². The van der Waals surface area contributed by atoms with E-state index in [0.717, 1.165) is 18.4 Å². The van der Waals surface area contributed by atoms with Gasteiger partial charge < -0.3 is 4.74 Å². The Bertz CT molecular complexity index is 246. The van der Waals surface area contributed by atoms with Crippen LogP contribution in [-0.4, -0.2) is 38.7 Å². The first kappa shape index (κ1) is 7.05. The van der Waals surface area contributed by atoms with E-state index in [1.807, 2.05) is 7.05 Å². The van der Waals surface area contributed by atoms with Gasteiger partial charge in [-0.25, -0.2) is 4.68 Å². The highest BCUT2D eigenvalue weighted by molar-refractivity contribution is 7.99. The van der Waals surface area contributed by atoms with E-state index in [1.165, 1.54) is 0 Å². The van der Waals surface area contributed by atoms with Crippen molar-refractivity contribution in [1.82, 2.24) is 20.2 Å². The average Bonchev–Trinajstić information content (AvgIpc) is 2.27. The molecule has 5 nitrogen and oxygen atoms in total. The van der Waals surface area contributed by atoms with Crippen molar-refractivity contribution in [2.24, 2.45) is 7.05 Å². The van der Waals surface area contributed by atoms with E-state index in [9.17, 15) is 0 Å². The fraction of sp³-hybridized carbons (Fsp3) is 0.800. The first-order valence-corrected chi connectivity index (χ1v) is 4.21. The molecule has 2 rings (SSSR count). The van der Waals surface area contributed by atoms with Crippen molar-refractivity contribution in [2.45, 2.75) is 10.4 Å². The summed E-state index contributed by atoms with van der Waals surface area (Å²) in [6, 6.07) is 0. The van der Waals surface area contributed by atoms with Crippen LogP contribution in [0.1, 0.15) is 0 Å². The lowest BCUT2D eigenvalue weighted by molar-refractivity contribution is 0.0453. The van der Waals surface area contributed by atoms with Crippen molar-refractivity contribution >= 4 is 11.8 Å². The third-order valence-corrected chi connectivity index (χ3v) is 2.62. The SMILES string of the molecule is Cn1nnnc1SC1COC1. The van der Waals surface area contributed by atoms with Gasteiger partial charge in [-0.1, -0.05) is 11.8 Å². The highest BCUT2D eigenvalue weighted by Gasteiger charge is 2.21. The lowest BCUT2D eigenvalue weighted by Gasteiger charge is -2.23. The number of ether oxygens (including phenoxy) is 1. The molecule has 1 saturated heterocycles. The highest BCUT2D eigenvalue weighted by atomic mass is 32.2. The van der Waals surface area contributed by atoms with Gasteiger partial charge >= 0.3 is 0 Å². The molecular weight excluding hydrogens is 164 g/mol. The zero-order valence-corrected chi connectivity index (χ0v) is 6.91. The molecule has 0 spiro atoms. The lowest BCUT2D eigenvalue weighted by Crippen LogP contribution is -2.30. The van der Waals surface area contributed by atoms with E-state index in [-0.39, 0.29) is 0 Å². The third kappa shape index (κ3) is 1.36. The van der Waals surface area contributed by atoms with Gasteiger partial charge in [0.1, 0.15) is 0 Å². The molecule has 0 aromatic carbocycles. The minimum atomic E-state index is 0.541. The number of tetrazole rings is 1. The van der Waals surface area contributed by atoms with E-state index >= 15 is 0 Å². The molecule has 1 aliphatic heterocycles. The molecular formula is C5H8N4OS. The second-order valence-electron chi connectivity index (χ2n) is 2.36. The van der Waals surface area contributed by atoms with Crippen LogP contribution in [0.2, 0.25) is 0 Å². The summed E-state index contributed by atoms with van der Waals surface area (Å²) < 4.78 is 6.69. The molecule has 0 unspecified atom stereocenters. The predicted octanol–water partition coefficient (Wildman–Crippen LogP) is -0.299. The zero-order valence-electron chi connectivity index (χ0n) is 6.10. The van der Waals surface area contributed by atoms with Gasteiger partial charge in [-0.15, -0.1) is 5.10 Å². The molecule has 0 bridgehead atoms. The summed E-state index contributed by atoms with van der Waals surface area (Å²) in [5, 5.41) is 12.5. The largest absolute Gasteiger partial charge is 0.379 e. The van der Waals surface area contributed by atoms with E-state index in [4.69, 9.17) is 4.74 Å². The van der Waals surface area contributed by atoms with Gasteiger partial charge in [0, 0.05) is 7.05 Å². The van der Waals surface area contributed by atoms with E-state index in [1.54, 1.807) is 16.4 Å². The molecule has 0 amide bonds. The summed E-state index contributed by atoms with van der Waals surface area (Å²) in [6.45, 7) is 1.63. The molecule has 0 saturated carbocycles. The lowest BCUT2D eigenvalue weighted by atomic mass is 10.4. The number of hydrogen-bond donors (Lipinski definition) is 0. The Morgan fingerprint density at radius 3 is 2.91 bits per heavy atom. The molecule has 60 valence electrons. The minimum Gasteiger partial charge on any atom is -0.379 e. The van der Waals surface area contributed by atoms with Crippen LogP contribution in [0.5, 0.6) is 0 Å². The molecule has 0 atom stereocenters. The Labute approximate surface area is 68.1 Å². The van der Waals surface area contributed by atoms with Crippen LogP contribution in [0.25, 0.3) is 0 Å². The Kier molecular flexibility index (Phi) is 1.79. The summed E-state index contributed by atoms with van der Waals surface area (Å²) in [5.74, 6) is 0. The van der Waals surface area contributed by atoms with Crippen molar-refractivity contribution in [1.29, 1.82) is 0 Å². The van der Waals surface area contributed by atoms with Crippen LogP contribution in [0.4, 0.5) is 0 Å². The van der Waals surface area contributed by atoms with E-state index in [2.05, 4.69) is 15.5 Å². The number of aromatic nitrogens is 4. The third-order valence-electron chi connectivity index (χ3n) is 1.46. The summed E-state index contributed by atoms with van der Waals surface area (Å²) in [6.07, 6.45) is 0. The number of hydrogen-bond acceptors (Lipinski definition) is 5. The fourth-order valence-electron chi connectivity index (χ4n) is 0.752. The highest BCUT2D eigenvalue weighted by Crippen LogP contribution is 2.24. The van der Waals surface area contributed by atoms with Crippen LogP contribution in [0, 0.1) is 0 Å². The molecule has 6 heteroatoms. The number of aryl methyl sites for hydroxylation is 1. The number of thioether (sulfide) groups is 1. The average molecular weight is 172 g/mol. The molecule has 1 aromatic rings. The van der Waals surface area contributed by atoms with Crippen LogP contribution in [0.3, 0.4) is 0 Å². The molecule has 11 heavy (non-hydrogen) atoms. The zero-order chi connectivity index (χ0) is 7.68. The first-order chi connectivity index (χ1) is 5.36. The molecule has 1 fully saturated rings. The van der Waals surface area contributed by atoms with Gasteiger partial charge in [-0.3, -0.25) is 0 Å². The number of nitrogens with zero attached hydrogens (tertiary/aromatic N) is 4. The van der Waals surface area contributed by atoms with Gasteiger partial charge in [-0.05, 0) is 10.4 Å². The summed E-state index contributed by atoms with van der Waals surface area (Å²) in [7, 11) is 1.84. The van der Waals surface area contributed by atoms with Gasteiger partial charge in [0.05, 0.1) is 18.5 Å². The smallest absolute Gasteiger partial charge is 0.209 e. The van der Waals surface area contributed by atoms with Crippen molar-refractivity contribution in [3.63, 3.8) is 0 Å². The fourth-order valence-corrected chi connectivity index (χ4v) is 1.65. The predicted molar refractivity (Wildman–Crippen MR) is 39.3 cm³/mol. The second kappa shape index (κ2) is 2.78. The van der Waals surface area contributed by atoms with Crippen molar-refractivity contribution in [3.05, 3.63) is 0 Å². The molecule has 0 N–H and O–H groups in total. The van der Waals surface area contributed by atoms with Crippen molar-refractivity contribution < 1.29 is 4.74 Å². The van der Waals surface area contributed by atoms with Gasteiger partial charge in [0.2, 0.25) is 5.16 Å². The van der Waals surface area contributed by atoms with E-state index in [0.29, 0.717) is 5.25 Å². The van der Waals surface area contributed by atoms with Crippen LogP contribution in [-0.2, 0) is 11.8 Å². The van der Waals surface area contributed by atoms with Crippen molar-refractivity contribution in [3.8, 4) is 0 Å². The maximum atomic E-state index is 5.02. The maximum absolute atomic E-state index is 5.02. The quantitative estimate of drug-likeness (QED) is 0.613. The van der Waals surface area contributed by atoms with Gasteiger partial charge in [-0.2, -0.15) is 0 Å². The molecule has 0 aliphatic carbocycles. The minimum absolute atomic E-state index is 0.541. The molecule has 0 radical (unpaired) electrons. The normalized spacial score (nSPS) is 18.3. The van der Waals surface area contributed by atoms with Gasteiger partial charge in [0.25, 0.3) is 0 Å².